The Morgan fingerprint density at radius 3 is 2.85 bits per heavy atom. The van der Waals surface area contributed by atoms with Crippen molar-refractivity contribution in [2.45, 2.75) is 39.7 Å². The van der Waals surface area contributed by atoms with Crippen molar-refractivity contribution in [2.24, 2.45) is 5.92 Å². The first kappa shape index (κ1) is 16.4. The molecule has 1 heterocycles. The van der Waals surface area contributed by atoms with Crippen molar-refractivity contribution in [3.05, 3.63) is 29.6 Å². The van der Waals surface area contributed by atoms with Gasteiger partial charge < -0.3 is 15.7 Å². The third kappa shape index (κ3) is 5.57. The van der Waals surface area contributed by atoms with E-state index in [-0.39, 0.29) is 18.5 Å². The number of carbonyl (C=O) groups is 1. The largest absolute Gasteiger partial charge is 0.391 e. The molecule has 0 saturated heterocycles. The molecule has 2 atom stereocenters. The molecule has 2 unspecified atom stereocenters. The van der Waals surface area contributed by atoms with Gasteiger partial charge in [0, 0.05) is 25.5 Å². The van der Waals surface area contributed by atoms with Crippen LogP contribution in [0.5, 0.6) is 0 Å². The molecular weight excluding hydrogens is 254 g/mol. The number of aryl methyl sites for hydroxylation is 1. The molecule has 3 N–H and O–H groups in total. The van der Waals surface area contributed by atoms with Gasteiger partial charge in [0.1, 0.15) is 0 Å². The van der Waals surface area contributed by atoms with Crippen LogP contribution in [0.25, 0.3) is 0 Å². The average molecular weight is 279 g/mol. The highest BCUT2D eigenvalue weighted by Crippen LogP contribution is 2.06. The van der Waals surface area contributed by atoms with Crippen LogP contribution in [-0.2, 0) is 6.42 Å². The fourth-order valence-corrected chi connectivity index (χ4v) is 1.83. The Hall–Kier alpha value is -1.62. The molecule has 0 saturated carbocycles. The second-order valence-electron chi connectivity index (χ2n) is 5.14. The van der Waals surface area contributed by atoms with Crippen LogP contribution in [0.3, 0.4) is 0 Å². The van der Waals surface area contributed by atoms with Crippen LogP contribution >= 0.6 is 0 Å². The molecule has 0 aliphatic rings. The minimum absolute atomic E-state index is 0.190. The van der Waals surface area contributed by atoms with E-state index < -0.39 is 6.10 Å². The Kier molecular flexibility index (Phi) is 7.01. The van der Waals surface area contributed by atoms with Crippen molar-refractivity contribution in [2.75, 3.05) is 13.1 Å². The summed E-state index contributed by atoms with van der Waals surface area (Å²) in [5.41, 5.74) is 2.31. The van der Waals surface area contributed by atoms with E-state index >= 15 is 0 Å². The van der Waals surface area contributed by atoms with Gasteiger partial charge in [0.15, 0.2) is 0 Å². The summed E-state index contributed by atoms with van der Waals surface area (Å²) in [6, 6.07) is 1.72. The van der Waals surface area contributed by atoms with Crippen molar-refractivity contribution in [3.63, 3.8) is 0 Å². The predicted octanol–water partition coefficient (Wildman–Crippen LogP) is 1.64. The number of amides is 2. The fourth-order valence-electron chi connectivity index (χ4n) is 1.83. The Bertz CT molecular complexity index is 423. The van der Waals surface area contributed by atoms with Crippen molar-refractivity contribution >= 4 is 6.03 Å². The zero-order valence-electron chi connectivity index (χ0n) is 12.5. The lowest BCUT2D eigenvalue weighted by Crippen LogP contribution is -2.42. The number of aromatic nitrogens is 1. The lowest BCUT2D eigenvalue weighted by molar-refractivity contribution is 0.114. The third-order valence-corrected chi connectivity index (χ3v) is 3.59. The van der Waals surface area contributed by atoms with Gasteiger partial charge in [-0.05, 0) is 36.5 Å². The third-order valence-electron chi connectivity index (χ3n) is 3.59. The number of urea groups is 1. The highest BCUT2D eigenvalue weighted by molar-refractivity contribution is 5.73. The van der Waals surface area contributed by atoms with Crippen LogP contribution in [0.15, 0.2) is 18.5 Å². The van der Waals surface area contributed by atoms with Crippen LogP contribution < -0.4 is 10.6 Å². The molecule has 0 aliphatic heterocycles. The monoisotopic (exact) mass is 279 g/mol. The normalized spacial score (nSPS) is 13.6. The second-order valence-corrected chi connectivity index (χ2v) is 5.14. The molecule has 5 heteroatoms. The van der Waals surface area contributed by atoms with Crippen LogP contribution in [0.2, 0.25) is 0 Å². The van der Waals surface area contributed by atoms with Gasteiger partial charge in [-0.3, -0.25) is 4.98 Å². The molecular formula is C15H25N3O2. The summed E-state index contributed by atoms with van der Waals surface area (Å²) in [5.74, 6) is 0.190. The summed E-state index contributed by atoms with van der Waals surface area (Å²) in [6.45, 7) is 6.84. The molecule has 0 bridgehead atoms. The number of hydrogen-bond acceptors (Lipinski definition) is 3. The standard InChI is InChI=1S/C15H25N3O2/c1-4-11(2)14(19)10-18-15(20)17-8-6-13-5-7-16-9-12(13)3/h5,7,9,11,14,19H,4,6,8,10H2,1-3H3,(H2,17,18,20). The molecule has 20 heavy (non-hydrogen) atoms. The molecule has 2 amide bonds. The molecule has 0 spiro atoms. The molecule has 0 aliphatic carbocycles. The molecule has 0 fully saturated rings. The maximum Gasteiger partial charge on any atom is 0.314 e. The molecule has 1 aromatic heterocycles. The Morgan fingerprint density at radius 2 is 2.20 bits per heavy atom. The Labute approximate surface area is 120 Å². The maximum absolute atomic E-state index is 11.6. The predicted molar refractivity (Wildman–Crippen MR) is 79.5 cm³/mol. The molecule has 112 valence electrons. The van der Waals surface area contributed by atoms with Gasteiger partial charge in [0.25, 0.3) is 0 Å². The van der Waals surface area contributed by atoms with E-state index in [1.165, 1.54) is 5.56 Å². The van der Waals surface area contributed by atoms with Gasteiger partial charge in [0.05, 0.1) is 6.10 Å². The van der Waals surface area contributed by atoms with E-state index in [9.17, 15) is 9.90 Å². The average Bonchev–Trinajstić information content (AvgIpc) is 2.45. The smallest absolute Gasteiger partial charge is 0.314 e. The fraction of sp³-hybridized carbons (Fsp3) is 0.600. The molecule has 0 radical (unpaired) electrons. The lowest BCUT2D eigenvalue weighted by atomic mass is 10.0. The van der Waals surface area contributed by atoms with E-state index in [1.807, 2.05) is 33.0 Å². The SMILES string of the molecule is CCC(C)C(O)CNC(=O)NCCc1ccncc1C. The van der Waals surface area contributed by atoms with Gasteiger partial charge in [-0.1, -0.05) is 20.3 Å². The summed E-state index contributed by atoms with van der Waals surface area (Å²) in [5, 5.41) is 15.2. The lowest BCUT2D eigenvalue weighted by Gasteiger charge is -2.17. The van der Waals surface area contributed by atoms with E-state index in [4.69, 9.17) is 0 Å². The van der Waals surface area contributed by atoms with Crippen molar-refractivity contribution in [1.82, 2.24) is 15.6 Å². The number of rotatable bonds is 7. The topological polar surface area (TPSA) is 74.2 Å². The van der Waals surface area contributed by atoms with E-state index in [0.29, 0.717) is 6.54 Å². The second kappa shape index (κ2) is 8.53. The van der Waals surface area contributed by atoms with Crippen molar-refractivity contribution < 1.29 is 9.90 Å². The van der Waals surface area contributed by atoms with E-state index in [0.717, 1.165) is 18.4 Å². The first-order valence-corrected chi connectivity index (χ1v) is 7.13. The number of nitrogens with one attached hydrogen (secondary N) is 2. The van der Waals surface area contributed by atoms with Gasteiger partial charge in [0.2, 0.25) is 0 Å². The number of pyridine rings is 1. The van der Waals surface area contributed by atoms with Gasteiger partial charge >= 0.3 is 6.03 Å². The highest BCUT2D eigenvalue weighted by atomic mass is 16.3. The van der Waals surface area contributed by atoms with E-state index in [1.54, 1.807) is 6.20 Å². The zero-order valence-corrected chi connectivity index (χ0v) is 12.5. The minimum atomic E-state index is -0.492. The molecule has 0 aromatic carbocycles. The van der Waals surface area contributed by atoms with Crippen LogP contribution in [0, 0.1) is 12.8 Å². The number of carbonyl (C=O) groups excluding carboxylic acids is 1. The van der Waals surface area contributed by atoms with Crippen LogP contribution in [0.4, 0.5) is 4.79 Å². The summed E-state index contributed by atoms with van der Waals surface area (Å²) in [4.78, 5) is 15.6. The number of hydrogen-bond donors (Lipinski definition) is 3. The Balaban J connectivity index is 2.22. The number of nitrogens with zero attached hydrogens (tertiary/aromatic N) is 1. The van der Waals surface area contributed by atoms with Gasteiger partial charge in [-0.25, -0.2) is 4.79 Å². The van der Waals surface area contributed by atoms with Crippen molar-refractivity contribution in [1.29, 1.82) is 0 Å². The van der Waals surface area contributed by atoms with Gasteiger partial charge in [-0.2, -0.15) is 0 Å². The van der Waals surface area contributed by atoms with Crippen LogP contribution in [0.1, 0.15) is 31.4 Å². The number of aliphatic hydroxyl groups excluding tert-OH is 1. The maximum atomic E-state index is 11.6. The summed E-state index contributed by atoms with van der Waals surface area (Å²) >= 11 is 0. The highest BCUT2D eigenvalue weighted by Gasteiger charge is 2.12. The van der Waals surface area contributed by atoms with Crippen LogP contribution in [-0.4, -0.2) is 35.3 Å². The Morgan fingerprint density at radius 1 is 1.45 bits per heavy atom. The summed E-state index contributed by atoms with van der Waals surface area (Å²) in [6.07, 6.45) is 4.75. The summed E-state index contributed by atoms with van der Waals surface area (Å²) < 4.78 is 0. The van der Waals surface area contributed by atoms with Crippen molar-refractivity contribution in [3.8, 4) is 0 Å². The first-order chi connectivity index (χ1) is 9.54. The minimum Gasteiger partial charge on any atom is -0.391 e. The first-order valence-electron chi connectivity index (χ1n) is 7.13. The van der Waals surface area contributed by atoms with Gasteiger partial charge in [-0.15, -0.1) is 0 Å². The molecule has 1 aromatic rings. The summed E-state index contributed by atoms with van der Waals surface area (Å²) in [7, 11) is 0. The quantitative estimate of drug-likeness (QED) is 0.710. The molecule has 1 rings (SSSR count). The number of aliphatic hydroxyl groups is 1. The van der Waals surface area contributed by atoms with E-state index in [2.05, 4.69) is 15.6 Å². The molecule has 5 nitrogen and oxygen atoms in total. The zero-order chi connectivity index (χ0) is 15.0.